The Balaban J connectivity index is 2.41. The SMILES string of the molecule is Cc1cccc(C)c1NC(NP(C(C)C)C(C)C)c1ccc(C(C)(C)C)cc1. The van der Waals surface area contributed by atoms with Crippen molar-refractivity contribution < 1.29 is 0 Å². The minimum Gasteiger partial charge on any atom is -0.365 e. The molecule has 0 aromatic heterocycles. The Kier molecular flexibility index (Phi) is 7.71. The van der Waals surface area contributed by atoms with Gasteiger partial charge in [-0.3, -0.25) is 5.09 Å². The van der Waals surface area contributed by atoms with Crippen LogP contribution in [0.3, 0.4) is 0 Å². The van der Waals surface area contributed by atoms with Crippen molar-refractivity contribution in [2.45, 2.75) is 85.2 Å². The summed E-state index contributed by atoms with van der Waals surface area (Å²) in [6, 6.07) is 15.6. The van der Waals surface area contributed by atoms with Crippen LogP contribution >= 0.6 is 8.07 Å². The Labute approximate surface area is 174 Å². The van der Waals surface area contributed by atoms with Gasteiger partial charge in [-0.25, -0.2) is 0 Å². The molecule has 0 radical (unpaired) electrons. The lowest BCUT2D eigenvalue weighted by molar-refractivity contribution is 0.589. The van der Waals surface area contributed by atoms with Gasteiger partial charge in [-0.1, -0.05) is 90.9 Å². The topological polar surface area (TPSA) is 24.1 Å². The molecule has 1 atom stereocenters. The number of nitrogens with one attached hydrogen (secondary N) is 2. The maximum Gasteiger partial charge on any atom is 0.106 e. The van der Waals surface area contributed by atoms with E-state index in [4.69, 9.17) is 0 Å². The van der Waals surface area contributed by atoms with E-state index in [1.165, 1.54) is 27.9 Å². The first-order valence-electron chi connectivity index (χ1n) is 10.5. The molecule has 2 rings (SSSR count). The summed E-state index contributed by atoms with van der Waals surface area (Å²) in [7, 11) is -0.300. The van der Waals surface area contributed by atoms with Gasteiger partial charge in [0, 0.05) is 5.69 Å². The van der Waals surface area contributed by atoms with Crippen LogP contribution in [0.1, 0.15) is 76.9 Å². The number of hydrogen-bond donors (Lipinski definition) is 2. The predicted molar refractivity (Wildman–Crippen MR) is 128 cm³/mol. The molecule has 0 aliphatic carbocycles. The van der Waals surface area contributed by atoms with Gasteiger partial charge in [-0.05, 0) is 60.9 Å². The smallest absolute Gasteiger partial charge is 0.106 e. The Hall–Kier alpha value is -1.37. The van der Waals surface area contributed by atoms with E-state index in [0.29, 0.717) is 11.3 Å². The molecule has 0 heterocycles. The quantitative estimate of drug-likeness (QED) is 0.372. The summed E-state index contributed by atoms with van der Waals surface area (Å²) in [6.45, 7) is 20.5. The number of aryl methyl sites for hydroxylation is 2. The van der Waals surface area contributed by atoms with Crippen LogP contribution in [0.15, 0.2) is 42.5 Å². The molecule has 0 amide bonds. The molecule has 0 aliphatic heterocycles. The first-order chi connectivity index (χ1) is 13.0. The molecule has 2 aromatic carbocycles. The van der Waals surface area contributed by atoms with Crippen molar-refractivity contribution in [2.24, 2.45) is 0 Å². The summed E-state index contributed by atoms with van der Waals surface area (Å²) in [5.74, 6) is 0. The normalized spacial score (nSPS) is 13.4. The predicted octanol–water partition coefficient (Wildman–Crippen LogP) is 7.51. The van der Waals surface area contributed by atoms with Crippen LogP contribution in [0.5, 0.6) is 0 Å². The van der Waals surface area contributed by atoms with Gasteiger partial charge in [0.05, 0.1) is 0 Å². The molecule has 2 N–H and O–H groups in total. The van der Waals surface area contributed by atoms with E-state index in [-0.39, 0.29) is 19.7 Å². The minimum absolute atomic E-state index is 0.102. The van der Waals surface area contributed by atoms with Gasteiger partial charge in [0.25, 0.3) is 0 Å². The Bertz CT molecular complexity index is 729. The van der Waals surface area contributed by atoms with Crippen LogP contribution in [0.2, 0.25) is 0 Å². The summed E-state index contributed by atoms with van der Waals surface area (Å²) < 4.78 is 0. The summed E-state index contributed by atoms with van der Waals surface area (Å²) in [5, 5.41) is 7.82. The van der Waals surface area contributed by atoms with Crippen LogP contribution in [-0.4, -0.2) is 11.3 Å². The van der Waals surface area contributed by atoms with Crippen molar-refractivity contribution in [3.63, 3.8) is 0 Å². The van der Waals surface area contributed by atoms with E-state index in [2.05, 4.69) is 115 Å². The van der Waals surface area contributed by atoms with Crippen LogP contribution < -0.4 is 10.4 Å². The lowest BCUT2D eigenvalue weighted by atomic mass is 9.86. The Morgan fingerprint density at radius 1 is 0.786 bits per heavy atom. The fourth-order valence-electron chi connectivity index (χ4n) is 3.60. The molecule has 0 aliphatic rings. The fraction of sp³-hybridized carbons (Fsp3) is 0.520. The lowest BCUT2D eigenvalue weighted by Gasteiger charge is -2.33. The molecule has 1 unspecified atom stereocenters. The zero-order valence-corrected chi connectivity index (χ0v) is 20.1. The highest BCUT2D eigenvalue weighted by atomic mass is 31.1. The van der Waals surface area contributed by atoms with Gasteiger partial charge in [-0.2, -0.15) is 0 Å². The van der Waals surface area contributed by atoms with E-state index in [9.17, 15) is 0 Å². The second-order valence-electron chi connectivity index (χ2n) is 9.44. The zero-order chi connectivity index (χ0) is 21.1. The number of anilines is 1. The summed E-state index contributed by atoms with van der Waals surface area (Å²) in [5.41, 5.74) is 7.92. The molecular formula is C25H39N2P. The lowest BCUT2D eigenvalue weighted by Crippen LogP contribution is -2.29. The van der Waals surface area contributed by atoms with Gasteiger partial charge in [0.1, 0.15) is 6.17 Å². The maximum atomic E-state index is 3.98. The van der Waals surface area contributed by atoms with Crippen molar-refractivity contribution in [3.8, 4) is 0 Å². The summed E-state index contributed by atoms with van der Waals surface area (Å²) in [4.78, 5) is 0. The summed E-state index contributed by atoms with van der Waals surface area (Å²) in [6.07, 6.45) is 0.102. The first-order valence-corrected chi connectivity index (χ1v) is 12.0. The molecule has 0 fully saturated rings. The van der Waals surface area contributed by atoms with Gasteiger partial charge in [-0.15, -0.1) is 0 Å². The van der Waals surface area contributed by atoms with E-state index in [1.807, 2.05) is 0 Å². The van der Waals surface area contributed by atoms with E-state index in [0.717, 1.165) is 0 Å². The first kappa shape index (κ1) is 22.9. The number of para-hydroxylation sites is 1. The standard InChI is InChI=1S/C25H39N2P/c1-17(2)28(18(3)4)27-24(26-23-19(5)11-10-12-20(23)6)21-13-15-22(16-14-21)25(7,8)9/h10-18,24,26-27H,1-9H3. The van der Waals surface area contributed by atoms with E-state index < -0.39 is 0 Å². The molecule has 3 heteroatoms. The molecule has 0 saturated carbocycles. The highest BCUT2D eigenvalue weighted by Gasteiger charge is 2.23. The van der Waals surface area contributed by atoms with Crippen molar-refractivity contribution in [1.82, 2.24) is 5.09 Å². The van der Waals surface area contributed by atoms with Crippen molar-refractivity contribution >= 4 is 13.8 Å². The Morgan fingerprint density at radius 3 is 1.71 bits per heavy atom. The summed E-state index contributed by atoms with van der Waals surface area (Å²) >= 11 is 0. The third kappa shape index (κ3) is 5.82. The molecule has 2 aromatic rings. The van der Waals surface area contributed by atoms with Crippen molar-refractivity contribution in [3.05, 3.63) is 64.7 Å². The fourth-order valence-corrected chi connectivity index (χ4v) is 5.90. The molecule has 28 heavy (non-hydrogen) atoms. The molecular weight excluding hydrogens is 359 g/mol. The van der Waals surface area contributed by atoms with Crippen molar-refractivity contribution in [2.75, 3.05) is 5.32 Å². The maximum absolute atomic E-state index is 3.98. The third-order valence-electron chi connectivity index (χ3n) is 5.27. The molecule has 0 bridgehead atoms. The number of benzene rings is 2. The van der Waals surface area contributed by atoms with E-state index in [1.54, 1.807) is 0 Å². The van der Waals surface area contributed by atoms with Crippen LogP contribution in [0.4, 0.5) is 5.69 Å². The largest absolute Gasteiger partial charge is 0.365 e. The zero-order valence-electron chi connectivity index (χ0n) is 19.2. The molecule has 154 valence electrons. The number of rotatable bonds is 7. The van der Waals surface area contributed by atoms with Crippen LogP contribution in [0, 0.1) is 13.8 Å². The third-order valence-corrected chi connectivity index (χ3v) is 8.05. The van der Waals surface area contributed by atoms with Crippen LogP contribution in [-0.2, 0) is 5.41 Å². The molecule has 0 spiro atoms. The second kappa shape index (κ2) is 9.42. The molecule has 2 nitrogen and oxygen atoms in total. The van der Waals surface area contributed by atoms with Gasteiger partial charge in [0.2, 0.25) is 0 Å². The van der Waals surface area contributed by atoms with E-state index >= 15 is 0 Å². The van der Waals surface area contributed by atoms with Gasteiger partial charge < -0.3 is 5.32 Å². The number of hydrogen-bond acceptors (Lipinski definition) is 2. The average molecular weight is 399 g/mol. The highest BCUT2D eigenvalue weighted by Crippen LogP contribution is 2.44. The van der Waals surface area contributed by atoms with Gasteiger partial charge >= 0.3 is 0 Å². The van der Waals surface area contributed by atoms with Crippen molar-refractivity contribution in [1.29, 1.82) is 0 Å². The minimum atomic E-state index is -0.300. The average Bonchev–Trinajstić information content (AvgIpc) is 2.59. The monoisotopic (exact) mass is 398 g/mol. The van der Waals surface area contributed by atoms with Gasteiger partial charge in [0.15, 0.2) is 0 Å². The van der Waals surface area contributed by atoms with Crippen LogP contribution in [0.25, 0.3) is 0 Å². The molecule has 0 saturated heterocycles. The Morgan fingerprint density at radius 2 is 1.29 bits per heavy atom. The second-order valence-corrected chi connectivity index (χ2v) is 12.6. The highest BCUT2D eigenvalue weighted by molar-refractivity contribution is 7.57.